The van der Waals surface area contributed by atoms with Crippen LogP contribution >= 0.6 is 0 Å². The second kappa shape index (κ2) is 5.97. The van der Waals surface area contributed by atoms with Crippen LogP contribution in [0.2, 0.25) is 0 Å². The molecule has 2 fully saturated rings. The Balaban J connectivity index is 1.57. The second-order valence-corrected chi connectivity index (χ2v) is 6.20. The van der Waals surface area contributed by atoms with Gasteiger partial charge >= 0.3 is 0 Å². The maximum atomic E-state index is 10.8. The van der Waals surface area contributed by atoms with Crippen LogP contribution in [-0.4, -0.2) is 35.6 Å². The number of aromatic nitrogens is 1. The number of nitrogens with one attached hydrogen (secondary N) is 1. The van der Waals surface area contributed by atoms with Crippen molar-refractivity contribution in [3.63, 3.8) is 0 Å². The average molecular weight is 290 g/mol. The van der Waals surface area contributed by atoms with Gasteiger partial charge in [0.25, 0.3) is 5.69 Å². The molecular weight excluding hydrogens is 268 g/mol. The summed E-state index contributed by atoms with van der Waals surface area (Å²) in [5, 5.41) is 14.4. The summed E-state index contributed by atoms with van der Waals surface area (Å²) in [6.45, 7) is 4.99. The van der Waals surface area contributed by atoms with Crippen molar-refractivity contribution in [1.82, 2.24) is 10.3 Å². The number of pyridine rings is 1. The van der Waals surface area contributed by atoms with Gasteiger partial charge in [0.15, 0.2) is 0 Å². The van der Waals surface area contributed by atoms with Gasteiger partial charge in [-0.15, -0.1) is 0 Å². The lowest BCUT2D eigenvalue weighted by atomic mass is 10.0. The molecule has 0 bridgehead atoms. The largest absolute Gasteiger partial charge is 0.356 e. The lowest BCUT2D eigenvalue weighted by Crippen LogP contribution is -2.43. The number of hydrogen-bond acceptors (Lipinski definition) is 5. The fourth-order valence-electron chi connectivity index (χ4n) is 2.93. The molecule has 0 atom stereocenters. The molecule has 6 heteroatoms. The third-order valence-electron chi connectivity index (χ3n) is 4.43. The van der Waals surface area contributed by atoms with Crippen molar-refractivity contribution < 1.29 is 4.92 Å². The molecule has 1 aromatic rings. The highest BCUT2D eigenvalue weighted by Crippen LogP contribution is 2.28. The number of aryl methyl sites for hydroxylation is 1. The molecule has 0 radical (unpaired) electrons. The predicted octanol–water partition coefficient (Wildman–Crippen LogP) is 2.27. The molecular formula is C15H22N4O2. The van der Waals surface area contributed by atoms with Crippen molar-refractivity contribution in [2.75, 3.05) is 24.5 Å². The summed E-state index contributed by atoms with van der Waals surface area (Å²) in [7, 11) is 0. The molecule has 1 aliphatic carbocycles. The fourth-order valence-corrected chi connectivity index (χ4v) is 2.93. The lowest BCUT2D eigenvalue weighted by Gasteiger charge is -2.34. The highest BCUT2D eigenvalue weighted by molar-refractivity contribution is 5.50. The summed E-state index contributed by atoms with van der Waals surface area (Å²) in [4.78, 5) is 16.9. The van der Waals surface area contributed by atoms with E-state index in [2.05, 4.69) is 15.2 Å². The zero-order valence-corrected chi connectivity index (χ0v) is 12.4. The van der Waals surface area contributed by atoms with Crippen LogP contribution in [0.25, 0.3) is 0 Å². The number of piperidine rings is 1. The molecule has 0 aromatic carbocycles. The Bertz CT molecular complexity index is 522. The van der Waals surface area contributed by atoms with E-state index in [1.165, 1.54) is 25.6 Å². The summed E-state index contributed by atoms with van der Waals surface area (Å²) in [5.74, 6) is 1.81. The molecule has 1 aliphatic heterocycles. The van der Waals surface area contributed by atoms with Crippen LogP contribution in [0.3, 0.4) is 0 Å². The Hall–Kier alpha value is -1.69. The van der Waals surface area contributed by atoms with Crippen LogP contribution in [0.5, 0.6) is 0 Å². The van der Waals surface area contributed by atoms with Gasteiger partial charge in [-0.2, -0.15) is 0 Å². The molecule has 21 heavy (non-hydrogen) atoms. The average Bonchev–Trinajstić information content (AvgIpc) is 3.30. The Morgan fingerprint density at radius 1 is 1.38 bits per heavy atom. The Kier molecular flexibility index (Phi) is 4.05. The van der Waals surface area contributed by atoms with E-state index < -0.39 is 4.92 Å². The van der Waals surface area contributed by atoms with Gasteiger partial charge in [0.2, 0.25) is 0 Å². The molecule has 2 aliphatic rings. The molecule has 1 aromatic heterocycles. The molecule has 1 saturated carbocycles. The van der Waals surface area contributed by atoms with Crippen LogP contribution in [-0.2, 0) is 0 Å². The number of anilines is 1. The first-order chi connectivity index (χ1) is 10.1. The normalized spacial score (nSPS) is 19.8. The topological polar surface area (TPSA) is 71.3 Å². The van der Waals surface area contributed by atoms with Crippen LogP contribution in [0.4, 0.5) is 11.5 Å². The minimum Gasteiger partial charge on any atom is -0.356 e. The lowest BCUT2D eigenvalue weighted by molar-refractivity contribution is -0.385. The van der Waals surface area contributed by atoms with Gasteiger partial charge in [-0.05, 0) is 50.6 Å². The summed E-state index contributed by atoms with van der Waals surface area (Å²) in [5.41, 5.74) is 0.950. The molecule has 114 valence electrons. The van der Waals surface area contributed by atoms with Crippen LogP contribution < -0.4 is 10.2 Å². The van der Waals surface area contributed by atoms with Crippen molar-refractivity contribution in [2.24, 2.45) is 5.92 Å². The van der Waals surface area contributed by atoms with E-state index in [4.69, 9.17) is 0 Å². The number of hydrogen-bond donors (Lipinski definition) is 1. The Labute approximate surface area is 124 Å². The van der Waals surface area contributed by atoms with E-state index >= 15 is 0 Å². The van der Waals surface area contributed by atoms with Gasteiger partial charge in [0, 0.05) is 25.2 Å². The maximum absolute atomic E-state index is 10.8. The van der Waals surface area contributed by atoms with Crippen molar-refractivity contribution in [3.8, 4) is 0 Å². The Morgan fingerprint density at radius 2 is 2.10 bits per heavy atom. The van der Waals surface area contributed by atoms with Gasteiger partial charge in [-0.1, -0.05) is 0 Å². The molecule has 2 heterocycles. The molecule has 1 N–H and O–H groups in total. The van der Waals surface area contributed by atoms with E-state index in [9.17, 15) is 10.1 Å². The van der Waals surface area contributed by atoms with Crippen molar-refractivity contribution >= 4 is 11.5 Å². The Morgan fingerprint density at radius 3 is 2.67 bits per heavy atom. The molecule has 3 rings (SSSR count). The van der Waals surface area contributed by atoms with Gasteiger partial charge in [-0.25, -0.2) is 4.98 Å². The highest BCUT2D eigenvalue weighted by Gasteiger charge is 2.25. The van der Waals surface area contributed by atoms with E-state index in [0.717, 1.165) is 43.2 Å². The van der Waals surface area contributed by atoms with E-state index in [-0.39, 0.29) is 5.69 Å². The van der Waals surface area contributed by atoms with Crippen LogP contribution in [0.15, 0.2) is 12.3 Å². The summed E-state index contributed by atoms with van der Waals surface area (Å²) >= 11 is 0. The van der Waals surface area contributed by atoms with Crippen LogP contribution in [0, 0.1) is 23.0 Å². The summed E-state index contributed by atoms with van der Waals surface area (Å²) < 4.78 is 0. The summed E-state index contributed by atoms with van der Waals surface area (Å²) in [6, 6.07) is 2.22. The SMILES string of the molecule is Cc1cc([N+](=O)[O-])cnc1N1CCC(NCC2CC2)CC1. The predicted molar refractivity (Wildman–Crippen MR) is 81.6 cm³/mol. The molecule has 6 nitrogen and oxygen atoms in total. The number of rotatable bonds is 5. The first kappa shape index (κ1) is 14.3. The van der Waals surface area contributed by atoms with Gasteiger partial charge in [0.1, 0.15) is 12.0 Å². The second-order valence-electron chi connectivity index (χ2n) is 6.20. The monoisotopic (exact) mass is 290 g/mol. The zero-order valence-electron chi connectivity index (χ0n) is 12.4. The van der Waals surface area contributed by atoms with Crippen LogP contribution in [0.1, 0.15) is 31.2 Å². The standard InChI is InChI=1S/C15H22N4O2/c1-11-8-14(19(20)21)10-17-15(11)18-6-4-13(5-7-18)16-9-12-2-3-12/h8,10,12-13,16H,2-7,9H2,1H3. The van der Waals surface area contributed by atoms with Crippen molar-refractivity contribution in [1.29, 1.82) is 0 Å². The molecule has 0 spiro atoms. The third kappa shape index (κ3) is 3.50. The fraction of sp³-hybridized carbons (Fsp3) is 0.667. The summed E-state index contributed by atoms with van der Waals surface area (Å²) in [6.07, 6.45) is 6.37. The highest BCUT2D eigenvalue weighted by atomic mass is 16.6. The number of nitrogens with zero attached hydrogens (tertiary/aromatic N) is 3. The first-order valence-electron chi connectivity index (χ1n) is 7.73. The smallest absolute Gasteiger partial charge is 0.287 e. The number of nitro groups is 1. The van der Waals surface area contributed by atoms with Gasteiger partial charge < -0.3 is 10.2 Å². The van der Waals surface area contributed by atoms with E-state index in [1.807, 2.05) is 6.92 Å². The zero-order chi connectivity index (χ0) is 14.8. The maximum Gasteiger partial charge on any atom is 0.287 e. The van der Waals surface area contributed by atoms with E-state index in [0.29, 0.717) is 6.04 Å². The van der Waals surface area contributed by atoms with Gasteiger partial charge in [-0.3, -0.25) is 10.1 Å². The first-order valence-corrected chi connectivity index (χ1v) is 7.73. The van der Waals surface area contributed by atoms with E-state index in [1.54, 1.807) is 6.07 Å². The van der Waals surface area contributed by atoms with Gasteiger partial charge in [0.05, 0.1) is 4.92 Å². The third-order valence-corrected chi connectivity index (χ3v) is 4.43. The molecule has 0 amide bonds. The minimum atomic E-state index is -0.391. The van der Waals surface area contributed by atoms with Crippen molar-refractivity contribution in [2.45, 2.75) is 38.6 Å². The quantitative estimate of drug-likeness (QED) is 0.665. The molecule has 0 unspecified atom stereocenters. The van der Waals surface area contributed by atoms with Crippen molar-refractivity contribution in [3.05, 3.63) is 27.9 Å². The minimum absolute atomic E-state index is 0.0669. The molecule has 1 saturated heterocycles.